The van der Waals surface area contributed by atoms with Crippen LogP contribution < -0.4 is 4.74 Å². The van der Waals surface area contributed by atoms with Crippen molar-refractivity contribution in [3.63, 3.8) is 0 Å². The van der Waals surface area contributed by atoms with Crippen LogP contribution in [0.4, 0.5) is 0 Å². The number of aromatic nitrogens is 1. The van der Waals surface area contributed by atoms with Crippen LogP contribution in [0.3, 0.4) is 0 Å². The first kappa shape index (κ1) is 14.9. The molecule has 1 amide bonds. The second-order valence-electron chi connectivity index (χ2n) is 5.37. The Kier molecular flexibility index (Phi) is 4.09. The number of likely N-dealkylation sites (tertiary alicyclic amines) is 1. The Hall–Kier alpha value is -1.98. The summed E-state index contributed by atoms with van der Waals surface area (Å²) in [5, 5.41) is 10.5. The fourth-order valence-electron chi connectivity index (χ4n) is 2.85. The van der Waals surface area contributed by atoms with Crippen molar-refractivity contribution in [1.82, 2.24) is 9.88 Å². The summed E-state index contributed by atoms with van der Waals surface area (Å²) in [6.07, 6.45) is 1.54. The Morgan fingerprint density at radius 1 is 1.45 bits per heavy atom. The van der Waals surface area contributed by atoms with E-state index in [2.05, 4.69) is 4.98 Å². The number of nitrogens with one attached hydrogen (secondary N) is 1. The maximum atomic E-state index is 12.6. The van der Waals surface area contributed by atoms with Gasteiger partial charge in [0.25, 0.3) is 5.91 Å². The zero-order chi connectivity index (χ0) is 15.7. The van der Waals surface area contributed by atoms with E-state index < -0.39 is 6.10 Å². The van der Waals surface area contributed by atoms with Crippen molar-refractivity contribution in [3.8, 4) is 5.75 Å². The van der Waals surface area contributed by atoms with Crippen molar-refractivity contribution in [2.45, 2.75) is 18.6 Å². The van der Waals surface area contributed by atoms with E-state index in [9.17, 15) is 9.90 Å². The van der Waals surface area contributed by atoms with Crippen LogP contribution >= 0.6 is 11.6 Å². The van der Waals surface area contributed by atoms with Crippen molar-refractivity contribution in [2.24, 2.45) is 0 Å². The van der Waals surface area contributed by atoms with Crippen LogP contribution in [-0.2, 0) is 0 Å². The largest absolute Gasteiger partial charge is 0.497 e. The quantitative estimate of drug-likeness (QED) is 0.913. The summed E-state index contributed by atoms with van der Waals surface area (Å²) < 4.78 is 5.24. The van der Waals surface area contributed by atoms with Crippen LogP contribution in [0.2, 0.25) is 5.02 Å². The van der Waals surface area contributed by atoms with Gasteiger partial charge in [-0.05, 0) is 30.2 Å². The third-order valence-corrected chi connectivity index (χ3v) is 4.11. The monoisotopic (exact) mass is 320 g/mol. The van der Waals surface area contributed by atoms with Crippen molar-refractivity contribution < 1.29 is 14.6 Å². The minimum Gasteiger partial charge on any atom is -0.497 e. The summed E-state index contributed by atoms with van der Waals surface area (Å²) in [4.78, 5) is 17.2. The lowest BCUT2D eigenvalue weighted by Crippen LogP contribution is -2.32. The van der Waals surface area contributed by atoms with Crippen molar-refractivity contribution >= 4 is 17.5 Å². The third-order valence-electron chi connectivity index (χ3n) is 3.90. The fraction of sp³-hybridized carbons (Fsp3) is 0.312. The summed E-state index contributed by atoms with van der Waals surface area (Å²) in [6, 6.07) is 8.98. The first-order valence-corrected chi connectivity index (χ1v) is 7.43. The number of β-amino-alcohol motifs (C(OH)–C–C–N with tert-alkyl or cyclic N) is 1. The van der Waals surface area contributed by atoms with Gasteiger partial charge in [0.15, 0.2) is 0 Å². The molecule has 1 aromatic heterocycles. The molecule has 2 aromatic rings. The number of aliphatic hydroxyl groups is 1. The molecule has 1 aliphatic heterocycles. The van der Waals surface area contributed by atoms with Crippen LogP contribution in [0.15, 0.2) is 36.5 Å². The Morgan fingerprint density at radius 2 is 2.27 bits per heavy atom. The molecule has 2 heterocycles. The summed E-state index contributed by atoms with van der Waals surface area (Å²) in [5.74, 6) is 0.561. The van der Waals surface area contributed by atoms with Crippen LogP contribution in [0, 0.1) is 0 Å². The maximum Gasteiger partial charge on any atom is 0.270 e. The van der Waals surface area contributed by atoms with E-state index in [0.29, 0.717) is 23.7 Å². The normalized spacial score (nSPS) is 21.1. The summed E-state index contributed by atoms with van der Waals surface area (Å²) >= 11 is 5.86. The summed E-state index contributed by atoms with van der Waals surface area (Å²) in [6.45, 7) is 0.303. The molecule has 1 saturated heterocycles. The number of aliphatic hydroxyl groups excluding tert-OH is 1. The standard InChI is InChI=1S/C16H17ClN2O3/c1-22-13-4-2-3-10(5-13)15-7-12(20)9-19(15)16(21)14-6-11(17)8-18-14/h2-6,8,12,15,18,20H,7,9H2,1H3. The molecule has 1 aromatic carbocycles. The topological polar surface area (TPSA) is 65.6 Å². The van der Waals surface area contributed by atoms with Crippen LogP contribution in [0.1, 0.15) is 28.5 Å². The number of ether oxygens (including phenoxy) is 1. The molecular weight excluding hydrogens is 304 g/mol. The second kappa shape index (κ2) is 6.02. The number of methoxy groups -OCH3 is 1. The van der Waals surface area contributed by atoms with Gasteiger partial charge in [-0.25, -0.2) is 0 Å². The van der Waals surface area contributed by atoms with Gasteiger partial charge in [-0.1, -0.05) is 23.7 Å². The maximum absolute atomic E-state index is 12.6. The molecular formula is C16H17ClN2O3. The summed E-state index contributed by atoms with van der Waals surface area (Å²) in [5.41, 5.74) is 1.37. The number of amides is 1. The van der Waals surface area contributed by atoms with E-state index in [1.807, 2.05) is 24.3 Å². The number of carbonyl (C=O) groups is 1. The Labute approximate surface area is 133 Å². The van der Waals surface area contributed by atoms with Gasteiger partial charge in [-0.15, -0.1) is 0 Å². The highest BCUT2D eigenvalue weighted by Gasteiger charge is 2.36. The molecule has 0 aliphatic carbocycles. The number of halogens is 1. The van der Waals surface area contributed by atoms with Gasteiger partial charge in [0.05, 0.1) is 24.3 Å². The lowest BCUT2D eigenvalue weighted by atomic mass is 10.0. The van der Waals surface area contributed by atoms with Crippen molar-refractivity contribution in [1.29, 1.82) is 0 Å². The number of H-pyrrole nitrogens is 1. The predicted molar refractivity (Wildman–Crippen MR) is 83.2 cm³/mol. The number of hydrogen-bond acceptors (Lipinski definition) is 3. The third kappa shape index (κ3) is 2.82. The first-order chi connectivity index (χ1) is 10.6. The van der Waals surface area contributed by atoms with Gasteiger partial charge in [-0.2, -0.15) is 0 Å². The van der Waals surface area contributed by atoms with Crippen LogP contribution in [0.5, 0.6) is 5.75 Å². The first-order valence-electron chi connectivity index (χ1n) is 7.05. The fourth-order valence-corrected chi connectivity index (χ4v) is 3.01. The molecule has 3 rings (SSSR count). The number of hydrogen-bond donors (Lipinski definition) is 2. The molecule has 1 fully saturated rings. The minimum absolute atomic E-state index is 0.170. The highest BCUT2D eigenvalue weighted by Crippen LogP contribution is 2.34. The molecule has 0 bridgehead atoms. The number of rotatable bonds is 3. The van der Waals surface area contributed by atoms with Gasteiger partial charge < -0.3 is 19.7 Å². The SMILES string of the molecule is COc1cccc(C2CC(O)CN2C(=O)c2cc(Cl)c[nH]2)c1. The van der Waals surface area contributed by atoms with Gasteiger partial charge in [-0.3, -0.25) is 4.79 Å². The smallest absolute Gasteiger partial charge is 0.270 e. The number of aromatic amines is 1. The predicted octanol–water partition coefficient (Wildman–Crippen LogP) is 2.62. The number of nitrogens with zero attached hydrogens (tertiary/aromatic N) is 1. The lowest BCUT2D eigenvalue weighted by Gasteiger charge is -2.24. The number of benzene rings is 1. The highest BCUT2D eigenvalue weighted by molar-refractivity contribution is 6.30. The van der Waals surface area contributed by atoms with E-state index in [-0.39, 0.29) is 11.9 Å². The van der Waals surface area contributed by atoms with E-state index in [0.717, 1.165) is 11.3 Å². The summed E-state index contributed by atoms with van der Waals surface area (Å²) in [7, 11) is 1.60. The van der Waals surface area contributed by atoms with Crippen LogP contribution in [-0.4, -0.2) is 40.7 Å². The lowest BCUT2D eigenvalue weighted by molar-refractivity contribution is 0.0710. The zero-order valence-electron chi connectivity index (χ0n) is 12.1. The van der Waals surface area contributed by atoms with E-state index in [1.165, 1.54) is 0 Å². The number of carbonyl (C=O) groups excluding carboxylic acids is 1. The second-order valence-corrected chi connectivity index (χ2v) is 5.81. The van der Waals surface area contributed by atoms with Gasteiger partial charge in [0.1, 0.15) is 11.4 Å². The van der Waals surface area contributed by atoms with E-state index in [1.54, 1.807) is 24.3 Å². The molecule has 22 heavy (non-hydrogen) atoms. The average molecular weight is 321 g/mol. The molecule has 116 valence electrons. The van der Waals surface area contributed by atoms with E-state index in [4.69, 9.17) is 16.3 Å². The molecule has 0 spiro atoms. The van der Waals surface area contributed by atoms with Crippen molar-refractivity contribution in [3.05, 3.63) is 52.8 Å². The molecule has 6 heteroatoms. The molecule has 2 N–H and O–H groups in total. The molecule has 0 radical (unpaired) electrons. The zero-order valence-corrected chi connectivity index (χ0v) is 12.9. The Balaban J connectivity index is 1.90. The molecule has 1 aliphatic rings. The highest BCUT2D eigenvalue weighted by atomic mass is 35.5. The van der Waals surface area contributed by atoms with Gasteiger partial charge >= 0.3 is 0 Å². The van der Waals surface area contributed by atoms with Crippen molar-refractivity contribution in [2.75, 3.05) is 13.7 Å². The van der Waals surface area contributed by atoms with Gasteiger partial charge in [0, 0.05) is 12.7 Å². The molecule has 2 unspecified atom stereocenters. The van der Waals surface area contributed by atoms with E-state index >= 15 is 0 Å². The van der Waals surface area contributed by atoms with Gasteiger partial charge in [0.2, 0.25) is 0 Å². The Bertz CT molecular complexity index is 686. The minimum atomic E-state index is -0.536. The molecule has 5 nitrogen and oxygen atoms in total. The average Bonchev–Trinajstić information content (AvgIpc) is 3.12. The Morgan fingerprint density at radius 3 is 2.95 bits per heavy atom. The molecule has 2 atom stereocenters. The van der Waals surface area contributed by atoms with Crippen LogP contribution in [0.25, 0.3) is 0 Å². The molecule has 0 saturated carbocycles.